The zero-order chi connectivity index (χ0) is 11.8. The predicted molar refractivity (Wildman–Crippen MR) is 54.5 cm³/mol. The van der Waals surface area contributed by atoms with Crippen LogP contribution in [0.25, 0.3) is 0 Å². The molecule has 1 rings (SSSR count). The highest BCUT2D eigenvalue weighted by Gasteiger charge is 2.18. The number of piperidine rings is 1. The van der Waals surface area contributed by atoms with E-state index in [1.54, 1.807) is 11.8 Å². The minimum Gasteiger partial charge on any atom is -0.464 e. The Morgan fingerprint density at radius 1 is 1.19 bits per heavy atom. The first-order valence-corrected chi connectivity index (χ1v) is 5.48. The summed E-state index contributed by atoms with van der Waals surface area (Å²) in [5.74, 6) is -0.547. The van der Waals surface area contributed by atoms with E-state index in [1.807, 2.05) is 0 Å². The molecule has 1 aliphatic rings. The van der Waals surface area contributed by atoms with Gasteiger partial charge in [0.05, 0.1) is 6.61 Å². The first-order valence-electron chi connectivity index (χ1n) is 5.48. The van der Waals surface area contributed by atoms with Gasteiger partial charge in [-0.15, -0.1) is 0 Å². The Morgan fingerprint density at radius 3 is 2.50 bits per heavy atom. The number of rotatable bonds is 4. The molecule has 0 N–H and O–H groups in total. The van der Waals surface area contributed by atoms with E-state index in [2.05, 4.69) is 14.5 Å². The lowest BCUT2D eigenvalue weighted by molar-refractivity contribution is -0.248. The van der Waals surface area contributed by atoms with Crippen molar-refractivity contribution in [3.8, 4) is 0 Å². The quantitative estimate of drug-likeness (QED) is 0.412. The first kappa shape index (κ1) is 12.8. The maximum Gasteiger partial charge on any atom is 0.441 e. The average Bonchev–Trinajstić information content (AvgIpc) is 2.30. The number of carbonyl (C=O) groups excluding carboxylic acids is 2. The number of amides is 1. The van der Waals surface area contributed by atoms with Crippen LogP contribution in [0.1, 0.15) is 26.2 Å². The molecule has 1 saturated heterocycles. The van der Waals surface area contributed by atoms with Crippen molar-refractivity contribution in [2.24, 2.45) is 0 Å². The third kappa shape index (κ3) is 4.48. The molecule has 0 aromatic carbocycles. The number of hydrogen-bond acceptors (Lipinski definition) is 5. The monoisotopic (exact) mass is 231 g/mol. The summed E-state index contributed by atoms with van der Waals surface area (Å²) in [6.07, 6.45) is 2.55. The fourth-order valence-electron chi connectivity index (χ4n) is 1.46. The molecule has 1 amide bonds. The molecule has 0 radical (unpaired) electrons. The molecule has 0 spiro atoms. The third-order valence-corrected chi connectivity index (χ3v) is 2.23. The number of esters is 1. The van der Waals surface area contributed by atoms with Gasteiger partial charge in [-0.2, -0.15) is 4.89 Å². The highest BCUT2D eigenvalue weighted by atomic mass is 17.2. The second-order valence-corrected chi connectivity index (χ2v) is 3.46. The van der Waals surface area contributed by atoms with Crippen LogP contribution in [0.15, 0.2) is 0 Å². The average molecular weight is 231 g/mol. The Kier molecular flexibility index (Phi) is 5.63. The van der Waals surface area contributed by atoms with Crippen molar-refractivity contribution in [2.75, 3.05) is 26.3 Å². The summed E-state index contributed by atoms with van der Waals surface area (Å²) in [4.78, 5) is 32.8. The van der Waals surface area contributed by atoms with Crippen LogP contribution in [-0.2, 0) is 19.3 Å². The van der Waals surface area contributed by atoms with Crippen LogP contribution in [0.2, 0.25) is 0 Å². The summed E-state index contributed by atoms with van der Waals surface area (Å²) >= 11 is 0. The van der Waals surface area contributed by atoms with Gasteiger partial charge in [0, 0.05) is 13.1 Å². The SMILES string of the molecule is CCOC(=O)COOC(=O)N1CCCCC1. The van der Waals surface area contributed by atoms with Crippen LogP contribution in [0.3, 0.4) is 0 Å². The number of nitrogens with zero attached hydrogens (tertiary/aromatic N) is 1. The molecular formula is C10H17NO5. The lowest BCUT2D eigenvalue weighted by atomic mass is 10.1. The molecule has 0 atom stereocenters. The zero-order valence-corrected chi connectivity index (χ0v) is 9.44. The Labute approximate surface area is 94.4 Å². The van der Waals surface area contributed by atoms with Crippen LogP contribution in [-0.4, -0.2) is 43.3 Å². The van der Waals surface area contributed by atoms with Crippen LogP contribution in [0, 0.1) is 0 Å². The van der Waals surface area contributed by atoms with Crippen LogP contribution in [0.4, 0.5) is 4.79 Å². The molecule has 0 aromatic heterocycles. The van der Waals surface area contributed by atoms with Crippen molar-refractivity contribution in [1.82, 2.24) is 4.90 Å². The van der Waals surface area contributed by atoms with Gasteiger partial charge in [0.25, 0.3) is 0 Å². The summed E-state index contributed by atoms with van der Waals surface area (Å²) in [6, 6.07) is 0. The van der Waals surface area contributed by atoms with Gasteiger partial charge in [-0.05, 0) is 26.2 Å². The number of likely N-dealkylation sites (tertiary alicyclic amines) is 1. The van der Waals surface area contributed by atoms with Gasteiger partial charge >= 0.3 is 12.1 Å². The standard InChI is InChI=1S/C10H17NO5/c1-2-14-9(12)8-15-16-10(13)11-6-4-3-5-7-11/h2-8H2,1H3. The van der Waals surface area contributed by atoms with E-state index >= 15 is 0 Å². The van der Waals surface area contributed by atoms with E-state index in [0.29, 0.717) is 13.1 Å². The Bertz CT molecular complexity index is 237. The van der Waals surface area contributed by atoms with Gasteiger partial charge in [-0.25, -0.2) is 9.59 Å². The second kappa shape index (κ2) is 7.05. The topological polar surface area (TPSA) is 65.1 Å². The second-order valence-electron chi connectivity index (χ2n) is 3.46. The third-order valence-electron chi connectivity index (χ3n) is 2.23. The van der Waals surface area contributed by atoms with Crippen molar-refractivity contribution in [1.29, 1.82) is 0 Å². The van der Waals surface area contributed by atoms with Gasteiger partial charge in [-0.3, -0.25) is 4.89 Å². The molecule has 6 heteroatoms. The summed E-state index contributed by atoms with van der Waals surface area (Å²) in [6.45, 7) is 2.97. The summed E-state index contributed by atoms with van der Waals surface area (Å²) in [5.41, 5.74) is 0. The number of ether oxygens (including phenoxy) is 1. The van der Waals surface area contributed by atoms with Crippen LogP contribution in [0.5, 0.6) is 0 Å². The molecule has 92 valence electrons. The molecule has 0 saturated carbocycles. The van der Waals surface area contributed by atoms with E-state index in [1.165, 1.54) is 0 Å². The van der Waals surface area contributed by atoms with Crippen molar-refractivity contribution < 1.29 is 24.1 Å². The maximum absolute atomic E-state index is 11.4. The molecule has 0 aliphatic carbocycles. The Hall–Kier alpha value is -1.30. The highest BCUT2D eigenvalue weighted by molar-refractivity contribution is 5.71. The zero-order valence-electron chi connectivity index (χ0n) is 9.44. The predicted octanol–water partition coefficient (Wildman–Crippen LogP) is 1.10. The van der Waals surface area contributed by atoms with Crippen molar-refractivity contribution in [3.05, 3.63) is 0 Å². The first-order chi connectivity index (χ1) is 7.74. The molecule has 1 fully saturated rings. The summed E-state index contributed by atoms with van der Waals surface area (Å²) in [5, 5.41) is 0. The molecule has 16 heavy (non-hydrogen) atoms. The fourth-order valence-corrected chi connectivity index (χ4v) is 1.46. The molecule has 0 unspecified atom stereocenters. The van der Waals surface area contributed by atoms with Gasteiger partial charge in [0.15, 0.2) is 6.61 Å². The van der Waals surface area contributed by atoms with E-state index in [-0.39, 0.29) is 13.2 Å². The van der Waals surface area contributed by atoms with E-state index < -0.39 is 12.1 Å². The maximum atomic E-state index is 11.4. The smallest absolute Gasteiger partial charge is 0.441 e. The fraction of sp³-hybridized carbons (Fsp3) is 0.800. The van der Waals surface area contributed by atoms with Gasteiger partial charge in [0.1, 0.15) is 0 Å². The van der Waals surface area contributed by atoms with Gasteiger partial charge < -0.3 is 9.64 Å². The lowest BCUT2D eigenvalue weighted by Crippen LogP contribution is -2.36. The Balaban J connectivity index is 2.12. The van der Waals surface area contributed by atoms with Crippen molar-refractivity contribution in [3.63, 3.8) is 0 Å². The van der Waals surface area contributed by atoms with E-state index in [9.17, 15) is 9.59 Å². The minimum absolute atomic E-state index is 0.280. The van der Waals surface area contributed by atoms with Crippen molar-refractivity contribution in [2.45, 2.75) is 26.2 Å². The summed E-state index contributed by atoms with van der Waals surface area (Å²) < 4.78 is 4.60. The lowest BCUT2D eigenvalue weighted by Gasteiger charge is -2.24. The number of carbonyl (C=O) groups is 2. The van der Waals surface area contributed by atoms with Crippen molar-refractivity contribution >= 4 is 12.1 Å². The largest absolute Gasteiger partial charge is 0.464 e. The Morgan fingerprint density at radius 2 is 1.88 bits per heavy atom. The van der Waals surface area contributed by atoms with E-state index in [4.69, 9.17) is 0 Å². The molecule has 6 nitrogen and oxygen atoms in total. The van der Waals surface area contributed by atoms with Crippen LogP contribution >= 0.6 is 0 Å². The molecule has 0 aromatic rings. The van der Waals surface area contributed by atoms with Gasteiger partial charge in [-0.1, -0.05) is 0 Å². The van der Waals surface area contributed by atoms with Crippen LogP contribution < -0.4 is 0 Å². The molecule has 1 heterocycles. The summed E-state index contributed by atoms with van der Waals surface area (Å²) in [7, 11) is 0. The minimum atomic E-state index is -0.547. The normalized spacial score (nSPS) is 15.7. The number of hydrogen-bond donors (Lipinski definition) is 0. The molecule has 1 aliphatic heterocycles. The highest BCUT2D eigenvalue weighted by Crippen LogP contribution is 2.09. The van der Waals surface area contributed by atoms with E-state index in [0.717, 1.165) is 19.3 Å². The molecular weight excluding hydrogens is 214 g/mol. The van der Waals surface area contributed by atoms with Gasteiger partial charge in [0.2, 0.25) is 0 Å². The molecule has 0 bridgehead atoms.